The van der Waals surface area contributed by atoms with Crippen LogP contribution in [0.1, 0.15) is 226 Å². The number of phosphoric ester groups is 1. The smallest absolute Gasteiger partial charge is 0.463 e. The number of carbonyl (C=O) groups is 2. The van der Waals surface area contributed by atoms with Crippen molar-refractivity contribution in [2.45, 2.75) is 232 Å². The van der Waals surface area contributed by atoms with E-state index in [0.717, 1.165) is 44.9 Å². The molecule has 0 fully saturated rings. The Morgan fingerprint density at radius 1 is 0.517 bits per heavy atom. The summed E-state index contributed by atoms with van der Waals surface area (Å²) in [4.78, 5) is 34.0. The molecule has 3 N–H and O–H groups in total. The van der Waals surface area contributed by atoms with Crippen molar-refractivity contribution in [2.75, 3.05) is 26.4 Å². The Hall–Kier alpha value is -2.03. The fourth-order valence-electron chi connectivity index (χ4n) is 6.79. The zero-order valence-corrected chi connectivity index (χ0v) is 39.5. The average Bonchev–Trinajstić information content (AvgIpc) is 3.23. The number of hydrogen-bond donors (Lipinski definition) is 3. The first-order valence-corrected chi connectivity index (χ1v) is 26.1. The normalized spacial score (nSPS) is 13.6. The van der Waals surface area contributed by atoms with Crippen LogP contribution in [-0.4, -0.2) is 54.3 Å². The molecule has 2 atom stereocenters. The summed E-state index contributed by atoms with van der Waals surface area (Å²) in [7, 11) is -4.43. The van der Waals surface area contributed by atoms with Gasteiger partial charge in [0, 0.05) is 19.4 Å². The van der Waals surface area contributed by atoms with Gasteiger partial charge in [0.2, 0.25) is 5.91 Å². The molecule has 0 aliphatic carbocycles. The van der Waals surface area contributed by atoms with Gasteiger partial charge in [-0.1, -0.05) is 210 Å². The van der Waals surface area contributed by atoms with Gasteiger partial charge < -0.3 is 20.1 Å². The molecule has 0 aliphatic rings. The largest absolute Gasteiger partial charge is 0.472 e. The van der Waals surface area contributed by atoms with Crippen LogP contribution in [0, 0.1) is 0 Å². The highest BCUT2D eigenvalue weighted by atomic mass is 31.2. The Balaban J connectivity index is 3.60. The van der Waals surface area contributed by atoms with Crippen LogP contribution in [0.3, 0.4) is 0 Å². The highest BCUT2D eigenvalue weighted by Gasteiger charge is 2.23. The van der Waals surface area contributed by atoms with Crippen molar-refractivity contribution in [1.29, 1.82) is 0 Å². The second-order valence-corrected chi connectivity index (χ2v) is 17.9. The van der Waals surface area contributed by atoms with Crippen LogP contribution in [-0.2, 0) is 27.9 Å². The molecule has 60 heavy (non-hydrogen) atoms. The molecule has 0 saturated heterocycles. The molecule has 350 valence electrons. The quantitative estimate of drug-likeness (QED) is 0.0239. The number of aliphatic hydroxyl groups is 1. The first kappa shape index (κ1) is 58.0. The van der Waals surface area contributed by atoms with Crippen molar-refractivity contribution in [1.82, 2.24) is 5.32 Å². The minimum atomic E-state index is -4.43. The van der Waals surface area contributed by atoms with E-state index in [9.17, 15) is 24.2 Å². The summed E-state index contributed by atoms with van der Waals surface area (Å²) in [6.07, 6.45) is 54.9. The number of nitrogens with one attached hydrogen (secondary N) is 1. The number of rotatable bonds is 46. The first-order chi connectivity index (χ1) is 29.3. The number of ether oxygens (including phenoxy) is 1. The summed E-state index contributed by atoms with van der Waals surface area (Å²) in [5, 5.41) is 12.7. The lowest BCUT2D eigenvalue weighted by Crippen LogP contribution is -2.27. The van der Waals surface area contributed by atoms with Crippen LogP contribution in [0.2, 0.25) is 0 Å². The third-order valence-electron chi connectivity index (χ3n) is 10.5. The summed E-state index contributed by atoms with van der Waals surface area (Å²) < 4.78 is 26.9. The van der Waals surface area contributed by atoms with Gasteiger partial charge in [0.15, 0.2) is 0 Å². The van der Waals surface area contributed by atoms with Crippen LogP contribution in [0.25, 0.3) is 0 Å². The molecule has 0 bridgehead atoms. The van der Waals surface area contributed by atoms with Gasteiger partial charge in [0.1, 0.15) is 12.7 Å². The fraction of sp³-hybridized carbons (Fsp3) is 0.800. The van der Waals surface area contributed by atoms with Crippen molar-refractivity contribution < 1.29 is 37.9 Å². The van der Waals surface area contributed by atoms with Gasteiger partial charge in [0.25, 0.3) is 0 Å². The van der Waals surface area contributed by atoms with Crippen molar-refractivity contribution >= 4 is 19.7 Å². The third kappa shape index (κ3) is 47.0. The summed E-state index contributed by atoms with van der Waals surface area (Å²) >= 11 is 0. The number of phosphoric acid groups is 1. The maximum Gasteiger partial charge on any atom is 0.472 e. The molecule has 0 aliphatic heterocycles. The Kier molecular flexibility index (Phi) is 44.9. The predicted octanol–water partition coefficient (Wildman–Crippen LogP) is 14.3. The number of carbonyl (C=O) groups excluding carboxylic acids is 2. The van der Waals surface area contributed by atoms with E-state index in [2.05, 4.69) is 67.8 Å². The second kappa shape index (κ2) is 46.5. The molecule has 0 saturated carbocycles. The number of amides is 1. The molecule has 1 amide bonds. The molecule has 2 unspecified atom stereocenters. The zero-order valence-electron chi connectivity index (χ0n) is 38.7. The van der Waals surface area contributed by atoms with Gasteiger partial charge >= 0.3 is 13.8 Å². The van der Waals surface area contributed by atoms with E-state index >= 15 is 0 Å². The van der Waals surface area contributed by atoms with Crippen molar-refractivity contribution in [3.63, 3.8) is 0 Å². The van der Waals surface area contributed by atoms with Crippen molar-refractivity contribution in [3.05, 3.63) is 48.6 Å². The summed E-state index contributed by atoms with van der Waals surface area (Å²) in [6, 6.07) is 0. The van der Waals surface area contributed by atoms with E-state index in [-0.39, 0.29) is 32.1 Å². The molecule has 0 aromatic heterocycles. The number of hydrogen-bond acceptors (Lipinski definition) is 7. The standard InChI is InChI=1S/C50H92NO8P/c1-3-5-7-9-11-13-15-17-19-21-22-23-24-25-27-29-31-33-35-37-39-41-43-50(54)57-46-48(52)47-59-60(55,56)58-45-44-51-49(53)42-40-38-36-34-32-30-28-26-20-18-16-14-12-10-8-6-4-2/h12,14,18,20,28,30,34,36,48,52H,3-11,13,15-17,19,21-27,29,31-33,35,37-47H2,1-2H3,(H,51,53)(H,55,56)/b14-12-,20-18-,30-28-,36-34-. The Morgan fingerprint density at radius 3 is 1.38 bits per heavy atom. The summed E-state index contributed by atoms with van der Waals surface area (Å²) in [5.41, 5.74) is 0. The monoisotopic (exact) mass is 866 g/mol. The molecular formula is C50H92NO8P. The van der Waals surface area contributed by atoms with Gasteiger partial charge in [-0.3, -0.25) is 18.6 Å². The second-order valence-electron chi connectivity index (χ2n) is 16.4. The Morgan fingerprint density at radius 2 is 0.917 bits per heavy atom. The predicted molar refractivity (Wildman–Crippen MR) is 252 cm³/mol. The average molecular weight is 866 g/mol. The van der Waals surface area contributed by atoms with Gasteiger partial charge in [-0.15, -0.1) is 0 Å². The molecule has 9 nitrogen and oxygen atoms in total. The fourth-order valence-corrected chi connectivity index (χ4v) is 7.54. The van der Waals surface area contributed by atoms with E-state index in [0.29, 0.717) is 12.8 Å². The van der Waals surface area contributed by atoms with Gasteiger partial charge in [-0.05, 0) is 51.4 Å². The van der Waals surface area contributed by atoms with Crippen LogP contribution in [0.4, 0.5) is 0 Å². The summed E-state index contributed by atoms with van der Waals surface area (Å²) in [5.74, 6) is -0.568. The molecular weight excluding hydrogens is 774 g/mol. The molecule has 0 rings (SSSR count). The number of unbranched alkanes of at least 4 members (excludes halogenated alkanes) is 25. The highest BCUT2D eigenvalue weighted by molar-refractivity contribution is 7.47. The molecule has 0 aromatic rings. The van der Waals surface area contributed by atoms with E-state index in [1.54, 1.807) is 0 Å². The van der Waals surface area contributed by atoms with Crippen LogP contribution in [0.5, 0.6) is 0 Å². The lowest BCUT2D eigenvalue weighted by molar-refractivity contribution is -0.147. The summed E-state index contributed by atoms with van der Waals surface area (Å²) in [6.45, 7) is 3.49. The SMILES string of the molecule is CCCCC/C=C\C/C=C\C/C=C\C/C=C\CCCC(=O)NCCOP(=O)(O)OCC(O)COC(=O)CCCCCCCCCCCCCCCCCCCCCCCC. The van der Waals surface area contributed by atoms with Gasteiger partial charge in [-0.25, -0.2) is 4.57 Å². The van der Waals surface area contributed by atoms with Crippen LogP contribution in [0.15, 0.2) is 48.6 Å². The maximum atomic E-state index is 12.1. The molecule has 0 radical (unpaired) electrons. The third-order valence-corrected chi connectivity index (χ3v) is 11.5. The highest BCUT2D eigenvalue weighted by Crippen LogP contribution is 2.42. The Labute approximate surface area is 368 Å². The number of esters is 1. The minimum Gasteiger partial charge on any atom is -0.463 e. The molecule has 10 heteroatoms. The number of aliphatic hydroxyl groups excluding tert-OH is 1. The van der Waals surface area contributed by atoms with Crippen molar-refractivity contribution in [2.24, 2.45) is 0 Å². The van der Waals surface area contributed by atoms with E-state index in [1.165, 1.54) is 148 Å². The maximum absolute atomic E-state index is 12.1. The van der Waals surface area contributed by atoms with E-state index in [4.69, 9.17) is 13.8 Å². The molecule has 0 heterocycles. The van der Waals surface area contributed by atoms with Gasteiger partial charge in [-0.2, -0.15) is 0 Å². The Bertz CT molecular complexity index is 1120. The topological polar surface area (TPSA) is 131 Å². The molecule has 0 aromatic carbocycles. The van der Waals surface area contributed by atoms with E-state index < -0.39 is 26.5 Å². The minimum absolute atomic E-state index is 0.0524. The zero-order chi connectivity index (χ0) is 43.9. The van der Waals surface area contributed by atoms with Crippen molar-refractivity contribution in [3.8, 4) is 0 Å². The lowest BCUT2D eigenvalue weighted by atomic mass is 10.0. The lowest BCUT2D eigenvalue weighted by Gasteiger charge is -2.15. The van der Waals surface area contributed by atoms with E-state index in [1.807, 2.05) is 0 Å². The number of allylic oxidation sites excluding steroid dienone is 8. The molecule has 0 spiro atoms. The van der Waals surface area contributed by atoms with Crippen LogP contribution < -0.4 is 5.32 Å². The first-order valence-electron chi connectivity index (χ1n) is 24.6. The van der Waals surface area contributed by atoms with Crippen LogP contribution >= 0.6 is 7.82 Å². The van der Waals surface area contributed by atoms with Gasteiger partial charge in [0.05, 0.1) is 13.2 Å².